The number of nitrogens with one attached hydrogen (secondary N) is 2. The molecule has 0 radical (unpaired) electrons. The van der Waals surface area contributed by atoms with Crippen molar-refractivity contribution in [1.29, 1.82) is 0 Å². The van der Waals surface area contributed by atoms with Crippen LogP contribution in [0, 0.1) is 5.92 Å². The summed E-state index contributed by atoms with van der Waals surface area (Å²) in [6.07, 6.45) is 1.36. The first kappa shape index (κ1) is 19.8. The Balaban J connectivity index is 0. The summed E-state index contributed by atoms with van der Waals surface area (Å²) in [5.41, 5.74) is 5.64. The maximum atomic E-state index is 11.4. The summed E-state index contributed by atoms with van der Waals surface area (Å²) in [6, 6.07) is 0.231. The predicted molar refractivity (Wildman–Crippen MR) is 87.3 cm³/mol. The molecule has 1 unspecified atom stereocenters. The standard InChI is InChI=1S/C12H26N4O.HI/c1-5-10(4)16-11(17)6-7-14-12(13)15-8-9(2)3;/h9-10H,5-8H2,1-4H3,(H,16,17)(H3,13,14,15);1H. The van der Waals surface area contributed by atoms with Crippen LogP contribution in [0.1, 0.15) is 40.5 Å². The number of rotatable bonds is 7. The third kappa shape index (κ3) is 11.9. The fourth-order valence-corrected chi connectivity index (χ4v) is 1.09. The van der Waals surface area contributed by atoms with Crippen LogP contribution in [0.25, 0.3) is 0 Å². The average Bonchev–Trinajstić information content (AvgIpc) is 2.26. The van der Waals surface area contributed by atoms with Crippen LogP contribution in [0.3, 0.4) is 0 Å². The van der Waals surface area contributed by atoms with Crippen molar-refractivity contribution in [2.75, 3.05) is 13.1 Å². The quantitative estimate of drug-likeness (QED) is 0.361. The fourth-order valence-electron chi connectivity index (χ4n) is 1.09. The molecule has 0 rings (SSSR count). The zero-order chi connectivity index (χ0) is 13.3. The molecule has 18 heavy (non-hydrogen) atoms. The largest absolute Gasteiger partial charge is 0.370 e. The van der Waals surface area contributed by atoms with Gasteiger partial charge < -0.3 is 16.4 Å². The Kier molecular flexibility index (Phi) is 12.7. The molecule has 0 spiro atoms. The van der Waals surface area contributed by atoms with E-state index in [1.165, 1.54) is 0 Å². The molecule has 0 aliphatic heterocycles. The second-order valence-corrected chi connectivity index (χ2v) is 4.67. The summed E-state index contributed by atoms with van der Waals surface area (Å²) in [4.78, 5) is 15.6. The van der Waals surface area contributed by atoms with Crippen LogP contribution in [-0.4, -0.2) is 31.0 Å². The first-order valence-electron chi connectivity index (χ1n) is 6.28. The molecule has 0 saturated carbocycles. The van der Waals surface area contributed by atoms with Crippen molar-refractivity contribution in [2.45, 2.75) is 46.6 Å². The lowest BCUT2D eigenvalue weighted by molar-refractivity contribution is -0.121. The van der Waals surface area contributed by atoms with E-state index in [1.54, 1.807) is 0 Å². The first-order valence-corrected chi connectivity index (χ1v) is 6.28. The Bertz CT molecular complexity index is 256. The Hall–Kier alpha value is -0.530. The highest BCUT2D eigenvalue weighted by Gasteiger charge is 2.04. The Labute approximate surface area is 127 Å². The molecule has 0 aliphatic rings. The van der Waals surface area contributed by atoms with Crippen molar-refractivity contribution in [3.05, 3.63) is 0 Å². The monoisotopic (exact) mass is 370 g/mol. The van der Waals surface area contributed by atoms with Gasteiger partial charge in [0.05, 0.1) is 0 Å². The zero-order valence-electron chi connectivity index (χ0n) is 11.8. The van der Waals surface area contributed by atoms with Crippen LogP contribution in [0.2, 0.25) is 0 Å². The molecule has 6 heteroatoms. The normalized spacial score (nSPS) is 12.8. The van der Waals surface area contributed by atoms with Crippen LogP contribution < -0.4 is 16.4 Å². The average molecular weight is 370 g/mol. The summed E-state index contributed by atoms with van der Waals surface area (Å²) in [5.74, 6) is 0.947. The number of carbonyl (C=O) groups excluding carboxylic acids is 1. The molecule has 0 aromatic heterocycles. The first-order chi connectivity index (χ1) is 7.95. The van der Waals surface area contributed by atoms with Gasteiger partial charge in [0.25, 0.3) is 0 Å². The van der Waals surface area contributed by atoms with Gasteiger partial charge in [-0.3, -0.25) is 9.79 Å². The molecule has 0 aromatic rings. The third-order valence-electron chi connectivity index (χ3n) is 2.30. The number of hydrogen-bond acceptors (Lipinski definition) is 2. The van der Waals surface area contributed by atoms with Gasteiger partial charge in [-0.15, -0.1) is 24.0 Å². The van der Waals surface area contributed by atoms with Gasteiger partial charge in [0.1, 0.15) is 0 Å². The number of carbonyl (C=O) groups is 1. The van der Waals surface area contributed by atoms with Crippen molar-refractivity contribution in [2.24, 2.45) is 16.6 Å². The Morgan fingerprint density at radius 2 is 1.94 bits per heavy atom. The second kappa shape index (κ2) is 11.6. The Morgan fingerprint density at radius 3 is 2.44 bits per heavy atom. The van der Waals surface area contributed by atoms with Crippen molar-refractivity contribution in [3.8, 4) is 0 Å². The van der Waals surface area contributed by atoms with Crippen LogP contribution in [-0.2, 0) is 4.79 Å². The van der Waals surface area contributed by atoms with E-state index in [9.17, 15) is 4.79 Å². The number of halogens is 1. The van der Waals surface area contributed by atoms with Gasteiger partial charge in [-0.05, 0) is 19.3 Å². The van der Waals surface area contributed by atoms with E-state index in [0.717, 1.165) is 6.42 Å². The zero-order valence-corrected chi connectivity index (χ0v) is 14.2. The number of aliphatic imine (C=N–C) groups is 1. The highest BCUT2D eigenvalue weighted by atomic mass is 127. The maximum Gasteiger partial charge on any atom is 0.221 e. The summed E-state index contributed by atoms with van der Waals surface area (Å²) in [5, 5.41) is 5.82. The highest BCUT2D eigenvalue weighted by Crippen LogP contribution is 1.91. The topological polar surface area (TPSA) is 79.5 Å². The number of nitrogens with zero attached hydrogens (tertiary/aromatic N) is 1. The van der Waals surface area contributed by atoms with E-state index in [-0.39, 0.29) is 35.9 Å². The number of hydrogen-bond donors (Lipinski definition) is 3. The van der Waals surface area contributed by atoms with E-state index in [0.29, 0.717) is 31.4 Å². The van der Waals surface area contributed by atoms with Gasteiger partial charge in [0.2, 0.25) is 5.91 Å². The molecule has 1 amide bonds. The molecular formula is C12H27IN4O. The predicted octanol–water partition coefficient (Wildman–Crippen LogP) is 1.47. The van der Waals surface area contributed by atoms with Gasteiger partial charge in [-0.1, -0.05) is 20.8 Å². The van der Waals surface area contributed by atoms with Crippen LogP contribution >= 0.6 is 24.0 Å². The second-order valence-electron chi connectivity index (χ2n) is 4.67. The SMILES string of the molecule is CCC(C)NC(=O)CCNC(N)=NCC(C)C.I. The van der Waals surface area contributed by atoms with E-state index >= 15 is 0 Å². The molecule has 0 fully saturated rings. The number of nitrogens with two attached hydrogens (primary N) is 1. The minimum Gasteiger partial charge on any atom is -0.370 e. The third-order valence-corrected chi connectivity index (χ3v) is 2.30. The van der Waals surface area contributed by atoms with E-state index in [2.05, 4.69) is 29.5 Å². The van der Waals surface area contributed by atoms with Crippen molar-refractivity contribution in [3.63, 3.8) is 0 Å². The maximum absolute atomic E-state index is 11.4. The smallest absolute Gasteiger partial charge is 0.221 e. The number of guanidine groups is 1. The van der Waals surface area contributed by atoms with Gasteiger partial charge in [-0.2, -0.15) is 0 Å². The van der Waals surface area contributed by atoms with Gasteiger partial charge in [0.15, 0.2) is 5.96 Å². The molecule has 0 aromatic carbocycles. The molecule has 0 saturated heterocycles. The van der Waals surface area contributed by atoms with E-state index in [1.807, 2.05) is 13.8 Å². The summed E-state index contributed by atoms with van der Waals surface area (Å²) < 4.78 is 0. The lowest BCUT2D eigenvalue weighted by atomic mass is 10.2. The minimum atomic E-state index is 0. The summed E-state index contributed by atoms with van der Waals surface area (Å²) in [6.45, 7) is 9.42. The summed E-state index contributed by atoms with van der Waals surface area (Å²) >= 11 is 0. The van der Waals surface area contributed by atoms with E-state index < -0.39 is 0 Å². The molecule has 5 nitrogen and oxygen atoms in total. The summed E-state index contributed by atoms with van der Waals surface area (Å²) in [7, 11) is 0. The van der Waals surface area contributed by atoms with Gasteiger partial charge >= 0.3 is 0 Å². The lowest BCUT2D eigenvalue weighted by Crippen LogP contribution is -2.37. The Morgan fingerprint density at radius 1 is 1.33 bits per heavy atom. The van der Waals surface area contributed by atoms with Crippen molar-refractivity contribution >= 4 is 35.8 Å². The molecule has 0 aliphatic carbocycles. The molecular weight excluding hydrogens is 343 g/mol. The molecule has 0 heterocycles. The van der Waals surface area contributed by atoms with Crippen LogP contribution in [0.4, 0.5) is 0 Å². The number of amides is 1. The van der Waals surface area contributed by atoms with Crippen molar-refractivity contribution in [1.82, 2.24) is 10.6 Å². The van der Waals surface area contributed by atoms with Crippen LogP contribution in [0.15, 0.2) is 4.99 Å². The molecule has 0 bridgehead atoms. The van der Waals surface area contributed by atoms with Crippen LogP contribution in [0.5, 0.6) is 0 Å². The molecule has 1 atom stereocenters. The van der Waals surface area contributed by atoms with Gasteiger partial charge in [-0.25, -0.2) is 0 Å². The molecule has 4 N–H and O–H groups in total. The van der Waals surface area contributed by atoms with Gasteiger partial charge in [0, 0.05) is 25.6 Å². The highest BCUT2D eigenvalue weighted by molar-refractivity contribution is 14.0. The fraction of sp³-hybridized carbons (Fsp3) is 0.833. The van der Waals surface area contributed by atoms with Crippen molar-refractivity contribution < 1.29 is 4.79 Å². The van der Waals surface area contributed by atoms with E-state index in [4.69, 9.17) is 5.73 Å². The molecule has 108 valence electrons. The minimum absolute atomic E-state index is 0. The lowest BCUT2D eigenvalue weighted by Gasteiger charge is -2.11.